The van der Waals surface area contributed by atoms with Gasteiger partial charge in [-0.05, 0) is 17.0 Å². The van der Waals surface area contributed by atoms with Crippen LogP contribution in [0, 0.1) is 6.57 Å². The zero-order chi connectivity index (χ0) is 18.0. The van der Waals surface area contributed by atoms with Gasteiger partial charge in [-0.3, -0.25) is 0 Å². The number of hydrogen-bond donors (Lipinski definition) is 0. The van der Waals surface area contributed by atoms with Gasteiger partial charge in [0.2, 0.25) is 5.28 Å². The molecule has 0 amide bonds. The Morgan fingerprint density at radius 3 is 2.24 bits per heavy atom. The lowest BCUT2D eigenvalue weighted by Crippen LogP contribution is -2.10. The van der Waals surface area contributed by atoms with Crippen LogP contribution >= 0.6 is 11.6 Å². The van der Waals surface area contributed by atoms with Crippen molar-refractivity contribution in [2.75, 3.05) is 0 Å². The Bertz CT molecular complexity index is 954. The fourth-order valence-corrected chi connectivity index (χ4v) is 2.63. The normalized spacial score (nSPS) is 11.2. The molecule has 0 N–H and O–H groups in total. The number of hydrogen-bond acceptors (Lipinski definition) is 3. The van der Waals surface area contributed by atoms with Gasteiger partial charge in [0.1, 0.15) is 0 Å². The van der Waals surface area contributed by atoms with Crippen LogP contribution in [0.25, 0.3) is 27.6 Å². The fraction of sp³-hybridized carbons (Fsp3) is 0.200. The van der Waals surface area contributed by atoms with Crippen molar-refractivity contribution in [3.05, 3.63) is 70.8 Å². The molecule has 0 bridgehead atoms. The third kappa shape index (κ3) is 3.67. The molecule has 0 saturated heterocycles. The Labute approximate surface area is 152 Å². The minimum Gasteiger partial charge on any atom is -0.237 e. The molecule has 1 heterocycles. The van der Waals surface area contributed by atoms with E-state index in [-0.39, 0.29) is 10.7 Å². The second-order valence-corrected chi connectivity index (χ2v) is 7.05. The largest absolute Gasteiger partial charge is 0.237 e. The molecule has 4 nitrogen and oxygen atoms in total. The van der Waals surface area contributed by atoms with Crippen molar-refractivity contribution >= 4 is 17.3 Å². The summed E-state index contributed by atoms with van der Waals surface area (Å²) >= 11 is 6.11. The predicted octanol–water partition coefficient (Wildman–Crippen LogP) is 5.71. The van der Waals surface area contributed by atoms with Gasteiger partial charge in [0.05, 0.1) is 6.57 Å². The van der Waals surface area contributed by atoms with E-state index in [9.17, 15) is 0 Å². The summed E-state index contributed by atoms with van der Waals surface area (Å²) in [6.07, 6.45) is 0. The summed E-state index contributed by atoms with van der Waals surface area (Å²) in [6.45, 7) is 13.9. The molecule has 3 aromatic rings. The van der Waals surface area contributed by atoms with E-state index in [0.717, 1.165) is 11.1 Å². The van der Waals surface area contributed by atoms with Crippen molar-refractivity contribution in [2.45, 2.75) is 26.2 Å². The molecule has 0 saturated carbocycles. The van der Waals surface area contributed by atoms with Crippen LogP contribution in [0.1, 0.15) is 26.3 Å². The first-order valence-corrected chi connectivity index (χ1v) is 8.25. The highest BCUT2D eigenvalue weighted by molar-refractivity contribution is 6.28. The quantitative estimate of drug-likeness (QED) is 0.557. The van der Waals surface area contributed by atoms with Crippen LogP contribution in [0.15, 0.2) is 48.5 Å². The Hall–Kier alpha value is -2.77. The van der Waals surface area contributed by atoms with E-state index in [4.69, 9.17) is 18.2 Å². The van der Waals surface area contributed by atoms with Crippen LogP contribution in [-0.4, -0.2) is 15.0 Å². The van der Waals surface area contributed by atoms with Gasteiger partial charge in [0, 0.05) is 11.1 Å². The molecule has 0 aliphatic rings. The number of aromatic nitrogens is 3. The van der Waals surface area contributed by atoms with Crippen molar-refractivity contribution in [3.8, 4) is 22.8 Å². The summed E-state index contributed by atoms with van der Waals surface area (Å²) in [5, 5.41) is 0.111. The number of benzene rings is 2. The summed E-state index contributed by atoms with van der Waals surface area (Å²) in [7, 11) is 0. The van der Waals surface area contributed by atoms with Crippen LogP contribution in [-0.2, 0) is 5.41 Å². The second kappa shape index (κ2) is 6.62. The molecular formula is C20H17ClN4. The molecule has 25 heavy (non-hydrogen) atoms. The van der Waals surface area contributed by atoms with Gasteiger partial charge in [-0.25, -0.2) is 9.83 Å². The average Bonchev–Trinajstić information content (AvgIpc) is 2.60. The first-order chi connectivity index (χ1) is 11.9. The van der Waals surface area contributed by atoms with E-state index < -0.39 is 0 Å². The van der Waals surface area contributed by atoms with Crippen molar-refractivity contribution in [2.24, 2.45) is 0 Å². The smallest absolute Gasteiger partial charge is 0.226 e. The van der Waals surface area contributed by atoms with E-state index in [0.29, 0.717) is 22.9 Å². The lowest BCUT2D eigenvalue weighted by atomic mass is 9.86. The fourth-order valence-electron chi connectivity index (χ4n) is 2.47. The second-order valence-electron chi connectivity index (χ2n) is 6.71. The summed E-state index contributed by atoms with van der Waals surface area (Å²) < 4.78 is 0. The van der Waals surface area contributed by atoms with Gasteiger partial charge in [0.25, 0.3) is 0 Å². The molecule has 0 fully saturated rings. The highest BCUT2D eigenvalue weighted by atomic mass is 35.5. The number of halogens is 1. The molecule has 0 unspecified atom stereocenters. The maximum Gasteiger partial charge on any atom is 0.226 e. The SMILES string of the molecule is [C-]#[N+]c1cc(C(C)(C)C)ccc1-c1nc(Cl)nc(-c2ccccc2)n1. The maximum atomic E-state index is 7.53. The van der Waals surface area contributed by atoms with Crippen molar-refractivity contribution < 1.29 is 0 Å². The van der Waals surface area contributed by atoms with Gasteiger partial charge < -0.3 is 0 Å². The van der Waals surface area contributed by atoms with E-state index in [2.05, 4.69) is 40.6 Å². The Morgan fingerprint density at radius 1 is 0.920 bits per heavy atom. The van der Waals surface area contributed by atoms with Gasteiger partial charge in [-0.2, -0.15) is 9.97 Å². The molecule has 0 aliphatic carbocycles. The molecule has 0 aliphatic heterocycles. The summed E-state index contributed by atoms with van der Waals surface area (Å²) in [6, 6.07) is 15.3. The molecule has 3 rings (SSSR count). The van der Waals surface area contributed by atoms with Crippen LogP contribution in [0.5, 0.6) is 0 Å². The summed E-state index contributed by atoms with van der Waals surface area (Å²) in [5.41, 5.74) is 3.07. The standard InChI is InChI=1S/C20H17ClN4/c1-20(2,3)14-10-11-15(16(12-14)22-4)18-23-17(24-19(21)25-18)13-8-6-5-7-9-13/h5-12H,1-3H3. The van der Waals surface area contributed by atoms with Crippen molar-refractivity contribution in [1.29, 1.82) is 0 Å². The Morgan fingerprint density at radius 2 is 1.60 bits per heavy atom. The highest BCUT2D eigenvalue weighted by Gasteiger charge is 2.18. The van der Waals surface area contributed by atoms with Crippen molar-refractivity contribution in [1.82, 2.24) is 15.0 Å². The third-order valence-electron chi connectivity index (χ3n) is 3.87. The van der Waals surface area contributed by atoms with Crippen LogP contribution in [0.3, 0.4) is 0 Å². The number of rotatable bonds is 2. The maximum absolute atomic E-state index is 7.53. The zero-order valence-corrected chi connectivity index (χ0v) is 15.0. The summed E-state index contributed by atoms with van der Waals surface area (Å²) in [4.78, 5) is 16.6. The molecule has 5 heteroatoms. The van der Waals surface area contributed by atoms with Crippen LogP contribution < -0.4 is 0 Å². The van der Waals surface area contributed by atoms with Crippen LogP contribution in [0.2, 0.25) is 5.28 Å². The molecule has 0 radical (unpaired) electrons. The lowest BCUT2D eigenvalue weighted by molar-refractivity contribution is 0.590. The zero-order valence-electron chi connectivity index (χ0n) is 14.3. The first kappa shape index (κ1) is 17.1. The van der Waals surface area contributed by atoms with E-state index in [1.165, 1.54) is 0 Å². The molecule has 0 spiro atoms. The first-order valence-electron chi connectivity index (χ1n) is 7.88. The monoisotopic (exact) mass is 348 g/mol. The third-order valence-corrected chi connectivity index (χ3v) is 4.03. The van der Waals surface area contributed by atoms with E-state index >= 15 is 0 Å². The van der Waals surface area contributed by atoms with Gasteiger partial charge >= 0.3 is 0 Å². The Balaban J connectivity index is 2.14. The summed E-state index contributed by atoms with van der Waals surface area (Å²) in [5.74, 6) is 0.900. The Kier molecular flexibility index (Phi) is 4.52. The van der Waals surface area contributed by atoms with E-state index in [1.807, 2.05) is 48.5 Å². The van der Waals surface area contributed by atoms with Gasteiger partial charge in [-0.15, -0.1) is 0 Å². The molecule has 1 aromatic heterocycles. The highest BCUT2D eigenvalue weighted by Crippen LogP contribution is 2.34. The minimum absolute atomic E-state index is 0.0378. The molecule has 2 aromatic carbocycles. The predicted molar refractivity (Wildman–Crippen MR) is 101 cm³/mol. The number of nitrogens with zero attached hydrogens (tertiary/aromatic N) is 4. The molecular weight excluding hydrogens is 332 g/mol. The van der Waals surface area contributed by atoms with E-state index in [1.54, 1.807) is 0 Å². The molecule has 124 valence electrons. The van der Waals surface area contributed by atoms with Gasteiger partial charge in [0.15, 0.2) is 17.3 Å². The van der Waals surface area contributed by atoms with Gasteiger partial charge in [-0.1, -0.05) is 74.9 Å². The minimum atomic E-state index is -0.0378. The molecule has 0 atom stereocenters. The lowest BCUT2D eigenvalue weighted by Gasteiger charge is -2.20. The van der Waals surface area contributed by atoms with Crippen molar-refractivity contribution in [3.63, 3.8) is 0 Å². The topological polar surface area (TPSA) is 43.0 Å². The van der Waals surface area contributed by atoms with Crippen LogP contribution in [0.4, 0.5) is 5.69 Å². The average molecular weight is 349 g/mol.